The molecule has 0 amide bonds. The first-order valence-electron chi connectivity index (χ1n) is 7.41. The Morgan fingerprint density at radius 2 is 2.16 bits per heavy atom. The fourth-order valence-corrected chi connectivity index (χ4v) is 3.02. The first-order valence-corrected chi connectivity index (χ1v) is 8.23. The third-order valence-corrected chi connectivity index (χ3v) is 4.17. The Morgan fingerprint density at radius 1 is 1.36 bits per heavy atom. The molecule has 1 aromatic carbocycles. The van der Waals surface area contributed by atoms with Crippen LogP contribution >= 0.6 is 11.3 Å². The van der Waals surface area contributed by atoms with Crippen LogP contribution in [0.5, 0.6) is 5.75 Å². The minimum absolute atomic E-state index is 0.0262. The van der Waals surface area contributed by atoms with Gasteiger partial charge in [0.2, 0.25) is 4.96 Å². The largest absolute Gasteiger partial charge is 0.496 e. The van der Waals surface area contributed by atoms with Gasteiger partial charge in [0.1, 0.15) is 12.4 Å². The van der Waals surface area contributed by atoms with Crippen molar-refractivity contribution in [1.82, 2.24) is 14.6 Å². The van der Waals surface area contributed by atoms with Crippen LogP contribution in [0.3, 0.4) is 0 Å². The predicted molar refractivity (Wildman–Crippen MR) is 93.7 cm³/mol. The van der Waals surface area contributed by atoms with Crippen molar-refractivity contribution in [2.45, 2.75) is 13.5 Å². The van der Waals surface area contributed by atoms with Crippen molar-refractivity contribution >= 4 is 28.3 Å². The van der Waals surface area contributed by atoms with Crippen LogP contribution in [0, 0.1) is 6.92 Å². The van der Waals surface area contributed by atoms with Gasteiger partial charge >= 0.3 is 5.97 Å². The number of ether oxygens (including phenoxy) is 2. The standard InChI is InChI=1S/C17H15N3O4S/c1-11-9-15(21)20-17(18-11)25-14(19-20)10-24-16(22)8-7-12-5-3-4-6-13(12)23-2/h3-9H,10H2,1-2H3/b8-7+. The van der Waals surface area contributed by atoms with Gasteiger partial charge in [-0.05, 0) is 19.1 Å². The number of hydrogen-bond donors (Lipinski definition) is 0. The number of nitrogens with zero attached hydrogens (tertiary/aromatic N) is 3. The molecule has 0 saturated carbocycles. The molecule has 0 N–H and O–H groups in total. The molecular weight excluding hydrogens is 342 g/mol. The van der Waals surface area contributed by atoms with Crippen molar-refractivity contribution in [3.63, 3.8) is 0 Å². The summed E-state index contributed by atoms with van der Waals surface area (Å²) in [5.74, 6) is 0.153. The van der Waals surface area contributed by atoms with Gasteiger partial charge in [-0.2, -0.15) is 9.61 Å². The Labute approximate surface area is 147 Å². The van der Waals surface area contributed by atoms with Gasteiger partial charge in [-0.1, -0.05) is 29.5 Å². The second-order valence-corrected chi connectivity index (χ2v) is 6.15. The number of aryl methyl sites for hydroxylation is 1. The lowest BCUT2D eigenvalue weighted by atomic mass is 10.2. The predicted octanol–water partition coefficient (Wildman–Crippen LogP) is 2.22. The van der Waals surface area contributed by atoms with Crippen LogP contribution in [0.25, 0.3) is 11.0 Å². The number of carbonyl (C=O) groups is 1. The van der Waals surface area contributed by atoms with Crippen molar-refractivity contribution in [2.75, 3.05) is 7.11 Å². The fraction of sp³-hybridized carbons (Fsp3) is 0.176. The number of benzene rings is 1. The van der Waals surface area contributed by atoms with E-state index in [9.17, 15) is 9.59 Å². The third kappa shape index (κ3) is 3.92. The normalized spacial score (nSPS) is 11.1. The minimum Gasteiger partial charge on any atom is -0.496 e. The Kier molecular flexibility index (Phi) is 4.90. The van der Waals surface area contributed by atoms with Gasteiger partial charge in [0.15, 0.2) is 5.01 Å². The van der Waals surface area contributed by atoms with E-state index in [1.807, 2.05) is 18.2 Å². The summed E-state index contributed by atoms with van der Waals surface area (Å²) in [7, 11) is 1.57. The number of rotatable bonds is 5. The van der Waals surface area contributed by atoms with Crippen molar-refractivity contribution in [3.05, 3.63) is 63.0 Å². The maximum absolute atomic E-state index is 11.9. The van der Waals surface area contributed by atoms with E-state index in [1.165, 1.54) is 28.0 Å². The van der Waals surface area contributed by atoms with E-state index in [2.05, 4.69) is 10.1 Å². The average Bonchev–Trinajstić information content (AvgIpc) is 3.01. The second kappa shape index (κ2) is 7.27. The number of aromatic nitrogens is 3. The maximum atomic E-state index is 11.9. The summed E-state index contributed by atoms with van der Waals surface area (Å²) in [5.41, 5.74) is 1.14. The van der Waals surface area contributed by atoms with Gasteiger partial charge in [-0.25, -0.2) is 9.78 Å². The average molecular weight is 357 g/mol. The van der Waals surface area contributed by atoms with Crippen LogP contribution in [0.2, 0.25) is 0 Å². The highest BCUT2D eigenvalue weighted by Crippen LogP contribution is 2.18. The van der Waals surface area contributed by atoms with Crippen LogP contribution in [-0.2, 0) is 16.1 Å². The Morgan fingerprint density at radius 3 is 2.96 bits per heavy atom. The molecule has 7 nitrogen and oxygen atoms in total. The summed E-state index contributed by atoms with van der Waals surface area (Å²) in [6.07, 6.45) is 2.94. The molecule has 0 atom stereocenters. The summed E-state index contributed by atoms with van der Waals surface area (Å²) in [6, 6.07) is 8.73. The minimum atomic E-state index is -0.512. The molecule has 0 fully saturated rings. The molecule has 0 saturated heterocycles. The molecule has 0 aliphatic rings. The fourth-order valence-electron chi connectivity index (χ4n) is 2.16. The van der Waals surface area contributed by atoms with Crippen LogP contribution in [0.4, 0.5) is 0 Å². The summed E-state index contributed by atoms with van der Waals surface area (Å²) < 4.78 is 11.6. The molecule has 25 heavy (non-hydrogen) atoms. The van der Waals surface area contributed by atoms with E-state index in [0.29, 0.717) is 21.4 Å². The summed E-state index contributed by atoms with van der Waals surface area (Å²) in [6.45, 7) is 1.71. The molecule has 128 valence electrons. The molecule has 0 radical (unpaired) electrons. The van der Waals surface area contributed by atoms with Crippen molar-refractivity contribution in [3.8, 4) is 5.75 Å². The van der Waals surface area contributed by atoms with E-state index in [1.54, 1.807) is 26.2 Å². The van der Waals surface area contributed by atoms with Crippen LogP contribution in [-0.4, -0.2) is 27.7 Å². The summed E-state index contributed by atoms with van der Waals surface area (Å²) in [5, 5.41) is 4.60. The molecule has 0 bridgehead atoms. The Hall–Kier alpha value is -3.00. The SMILES string of the molecule is COc1ccccc1/C=C/C(=O)OCc1nn2c(=O)cc(C)nc2s1. The van der Waals surface area contributed by atoms with Crippen LogP contribution in [0.15, 0.2) is 41.2 Å². The van der Waals surface area contributed by atoms with Crippen LogP contribution in [0.1, 0.15) is 16.3 Å². The van der Waals surface area contributed by atoms with Gasteiger partial charge in [-0.15, -0.1) is 0 Å². The number of hydrogen-bond acceptors (Lipinski definition) is 7. The molecule has 2 aromatic heterocycles. The lowest BCUT2D eigenvalue weighted by molar-refractivity contribution is -0.138. The van der Waals surface area contributed by atoms with E-state index in [0.717, 1.165) is 5.56 Å². The van der Waals surface area contributed by atoms with Crippen LogP contribution < -0.4 is 10.3 Å². The molecule has 8 heteroatoms. The van der Waals surface area contributed by atoms with E-state index in [-0.39, 0.29) is 12.2 Å². The quantitative estimate of drug-likeness (QED) is 0.514. The lowest BCUT2D eigenvalue weighted by Gasteiger charge is -2.03. The Bertz CT molecular complexity index is 1010. The molecule has 2 heterocycles. The highest BCUT2D eigenvalue weighted by atomic mass is 32.1. The first-order chi connectivity index (χ1) is 12.1. The highest BCUT2D eigenvalue weighted by Gasteiger charge is 2.09. The first kappa shape index (κ1) is 16.8. The highest BCUT2D eigenvalue weighted by molar-refractivity contribution is 7.16. The Balaban J connectivity index is 1.67. The number of fused-ring (bicyclic) bond motifs is 1. The van der Waals surface area contributed by atoms with Crippen molar-refractivity contribution in [2.24, 2.45) is 0 Å². The summed E-state index contributed by atoms with van der Waals surface area (Å²) >= 11 is 1.21. The molecule has 0 unspecified atom stereocenters. The molecule has 0 spiro atoms. The van der Waals surface area contributed by atoms with Gasteiger partial charge in [0.05, 0.1) is 7.11 Å². The monoisotopic (exact) mass is 357 g/mol. The number of esters is 1. The van der Waals surface area contributed by atoms with Gasteiger partial charge < -0.3 is 9.47 Å². The number of methoxy groups -OCH3 is 1. The van der Waals surface area contributed by atoms with Gasteiger partial charge in [0.25, 0.3) is 5.56 Å². The third-order valence-electron chi connectivity index (χ3n) is 3.29. The maximum Gasteiger partial charge on any atom is 0.331 e. The molecule has 0 aliphatic heterocycles. The van der Waals surface area contributed by atoms with Gasteiger partial charge in [0, 0.05) is 23.4 Å². The van der Waals surface area contributed by atoms with E-state index < -0.39 is 5.97 Å². The summed E-state index contributed by atoms with van der Waals surface area (Å²) in [4.78, 5) is 28.4. The number of para-hydroxylation sites is 1. The second-order valence-electron chi connectivity index (χ2n) is 5.11. The smallest absolute Gasteiger partial charge is 0.331 e. The topological polar surface area (TPSA) is 82.8 Å². The van der Waals surface area contributed by atoms with E-state index >= 15 is 0 Å². The molecule has 3 aromatic rings. The number of carbonyl (C=O) groups excluding carboxylic acids is 1. The molecule has 0 aliphatic carbocycles. The van der Waals surface area contributed by atoms with Crippen molar-refractivity contribution in [1.29, 1.82) is 0 Å². The zero-order chi connectivity index (χ0) is 17.8. The zero-order valence-electron chi connectivity index (χ0n) is 13.6. The molecule has 3 rings (SSSR count). The zero-order valence-corrected chi connectivity index (χ0v) is 14.4. The lowest BCUT2D eigenvalue weighted by Crippen LogP contribution is -2.14. The molecular formula is C17H15N3O4S. The van der Waals surface area contributed by atoms with Crippen molar-refractivity contribution < 1.29 is 14.3 Å². The van der Waals surface area contributed by atoms with E-state index in [4.69, 9.17) is 9.47 Å². The van der Waals surface area contributed by atoms with Gasteiger partial charge in [-0.3, -0.25) is 4.79 Å².